The molecule has 1 aliphatic rings. The highest BCUT2D eigenvalue weighted by Crippen LogP contribution is 2.13. The first-order valence-electron chi connectivity index (χ1n) is 6.87. The molecule has 0 aliphatic carbocycles. The lowest BCUT2D eigenvalue weighted by Gasteiger charge is -2.34. The van der Waals surface area contributed by atoms with Crippen LogP contribution in [-0.4, -0.2) is 55.3 Å². The summed E-state index contributed by atoms with van der Waals surface area (Å²) in [6, 6.07) is 3.40. The van der Waals surface area contributed by atoms with Gasteiger partial charge in [0.05, 0.1) is 11.9 Å². The molecule has 6 nitrogen and oxygen atoms in total. The van der Waals surface area contributed by atoms with Crippen molar-refractivity contribution in [3.63, 3.8) is 0 Å². The molecule has 0 radical (unpaired) electrons. The van der Waals surface area contributed by atoms with Gasteiger partial charge in [0.25, 0.3) is 0 Å². The van der Waals surface area contributed by atoms with Gasteiger partial charge in [-0.05, 0) is 18.1 Å². The van der Waals surface area contributed by atoms with E-state index in [-0.39, 0.29) is 0 Å². The lowest BCUT2D eigenvalue weighted by Crippen LogP contribution is -2.50. The van der Waals surface area contributed by atoms with Gasteiger partial charge in [-0.1, -0.05) is 13.8 Å². The summed E-state index contributed by atoms with van der Waals surface area (Å²) in [5, 5.41) is 0. The number of pyridine rings is 1. The molecule has 112 valence electrons. The van der Waals surface area contributed by atoms with E-state index in [4.69, 9.17) is 0 Å². The summed E-state index contributed by atoms with van der Waals surface area (Å²) >= 11 is 0. The van der Waals surface area contributed by atoms with Gasteiger partial charge in [0.1, 0.15) is 0 Å². The Labute approximate surface area is 121 Å². The molecular weight excluding hydrogens is 276 g/mol. The third kappa shape index (κ3) is 4.16. The van der Waals surface area contributed by atoms with Gasteiger partial charge < -0.3 is 4.90 Å². The van der Waals surface area contributed by atoms with E-state index in [1.165, 1.54) is 10.5 Å². The minimum Gasteiger partial charge on any atom is -0.300 e. The predicted molar refractivity (Wildman–Crippen MR) is 79.6 cm³/mol. The number of aromatic nitrogens is 1. The van der Waals surface area contributed by atoms with Gasteiger partial charge in [-0.3, -0.25) is 9.71 Å². The van der Waals surface area contributed by atoms with Crippen LogP contribution in [0.3, 0.4) is 0 Å². The van der Waals surface area contributed by atoms with Crippen LogP contribution in [0.15, 0.2) is 24.5 Å². The molecule has 2 heterocycles. The molecule has 0 bridgehead atoms. The van der Waals surface area contributed by atoms with Gasteiger partial charge in [-0.25, -0.2) is 0 Å². The number of hydrogen-bond donors (Lipinski definition) is 1. The van der Waals surface area contributed by atoms with Gasteiger partial charge in [0.2, 0.25) is 0 Å². The second-order valence-electron chi connectivity index (χ2n) is 5.44. The maximum Gasteiger partial charge on any atom is 0.301 e. The molecule has 1 aromatic heterocycles. The second kappa shape index (κ2) is 6.51. The first-order chi connectivity index (χ1) is 9.47. The average molecular weight is 298 g/mol. The molecule has 1 aliphatic heterocycles. The minimum atomic E-state index is -3.47. The fourth-order valence-electron chi connectivity index (χ4n) is 2.31. The van der Waals surface area contributed by atoms with E-state index in [0.29, 0.717) is 24.7 Å². The van der Waals surface area contributed by atoms with Crippen molar-refractivity contribution >= 4 is 15.9 Å². The summed E-state index contributed by atoms with van der Waals surface area (Å²) in [5.41, 5.74) is 0.497. The van der Waals surface area contributed by atoms with Crippen LogP contribution in [0.25, 0.3) is 0 Å². The summed E-state index contributed by atoms with van der Waals surface area (Å²) in [6.45, 7) is 7.99. The quantitative estimate of drug-likeness (QED) is 0.881. The highest BCUT2D eigenvalue weighted by Gasteiger charge is 2.26. The smallest absolute Gasteiger partial charge is 0.300 e. The van der Waals surface area contributed by atoms with Crippen molar-refractivity contribution in [2.75, 3.05) is 37.4 Å². The lowest BCUT2D eigenvalue weighted by atomic mass is 10.2. The Morgan fingerprint density at radius 3 is 2.55 bits per heavy atom. The van der Waals surface area contributed by atoms with Crippen LogP contribution in [0, 0.1) is 5.92 Å². The summed E-state index contributed by atoms with van der Waals surface area (Å²) in [5.74, 6) is 0.603. The summed E-state index contributed by atoms with van der Waals surface area (Å²) in [7, 11) is -3.47. The maximum absolute atomic E-state index is 12.3. The molecule has 0 spiro atoms. The SMILES string of the molecule is CC(C)CN1CCN(S(=O)(=O)Nc2cccnc2)CC1. The fraction of sp³-hybridized carbons (Fsp3) is 0.615. The number of rotatable bonds is 5. The zero-order chi connectivity index (χ0) is 14.6. The number of nitrogens with zero attached hydrogens (tertiary/aromatic N) is 3. The van der Waals surface area contributed by atoms with Gasteiger partial charge >= 0.3 is 10.2 Å². The Morgan fingerprint density at radius 2 is 2.00 bits per heavy atom. The van der Waals surface area contributed by atoms with E-state index in [1.807, 2.05) is 0 Å². The van der Waals surface area contributed by atoms with E-state index in [9.17, 15) is 8.42 Å². The summed E-state index contributed by atoms with van der Waals surface area (Å²) in [4.78, 5) is 6.21. The third-order valence-corrected chi connectivity index (χ3v) is 4.74. The normalized spacial score (nSPS) is 18.4. The Hall–Kier alpha value is -1.18. The highest BCUT2D eigenvalue weighted by molar-refractivity contribution is 7.90. The third-order valence-electron chi connectivity index (χ3n) is 3.20. The molecule has 1 fully saturated rings. The molecule has 1 saturated heterocycles. The molecule has 0 atom stereocenters. The van der Waals surface area contributed by atoms with E-state index in [1.54, 1.807) is 18.3 Å². The highest BCUT2D eigenvalue weighted by atomic mass is 32.2. The van der Waals surface area contributed by atoms with Crippen molar-refractivity contribution < 1.29 is 8.42 Å². The molecular formula is C13H22N4O2S. The van der Waals surface area contributed by atoms with Crippen molar-refractivity contribution in [3.05, 3.63) is 24.5 Å². The average Bonchev–Trinajstić information content (AvgIpc) is 2.39. The fourth-order valence-corrected chi connectivity index (χ4v) is 3.50. The van der Waals surface area contributed by atoms with Crippen LogP contribution >= 0.6 is 0 Å². The van der Waals surface area contributed by atoms with Gasteiger partial charge in [-0.15, -0.1) is 0 Å². The van der Waals surface area contributed by atoms with Crippen LogP contribution < -0.4 is 4.72 Å². The Bertz CT molecular complexity index is 510. The van der Waals surface area contributed by atoms with E-state index < -0.39 is 10.2 Å². The van der Waals surface area contributed by atoms with Crippen LogP contribution in [0.2, 0.25) is 0 Å². The van der Waals surface area contributed by atoms with Crippen LogP contribution in [-0.2, 0) is 10.2 Å². The minimum absolute atomic E-state index is 0.497. The van der Waals surface area contributed by atoms with Gasteiger partial charge in [0, 0.05) is 38.9 Å². The molecule has 1 N–H and O–H groups in total. The lowest BCUT2D eigenvalue weighted by molar-refractivity contribution is 0.172. The standard InChI is InChI=1S/C13H22N4O2S/c1-12(2)11-16-6-8-17(9-7-16)20(18,19)15-13-4-3-5-14-10-13/h3-5,10,12,15H,6-9,11H2,1-2H3. The van der Waals surface area contributed by atoms with Crippen LogP contribution in [0.1, 0.15) is 13.8 Å². The second-order valence-corrected chi connectivity index (χ2v) is 7.11. The first-order valence-corrected chi connectivity index (χ1v) is 8.31. The Kier molecular flexibility index (Phi) is 4.95. The van der Waals surface area contributed by atoms with Crippen molar-refractivity contribution in [2.45, 2.75) is 13.8 Å². The molecule has 0 amide bonds. The zero-order valence-corrected chi connectivity index (χ0v) is 12.8. The zero-order valence-electron chi connectivity index (χ0n) is 12.0. The molecule has 7 heteroatoms. The van der Waals surface area contributed by atoms with Crippen molar-refractivity contribution in [3.8, 4) is 0 Å². The molecule has 2 rings (SSSR count). The summed E-state index contributed by atoms with van der Waals surface area (Å²) in [6.07, 6.45) is 3.12. The van der Waals surface area contributed by atoms with E-state index >= 15 is 0 Å². The van der Waals surface area contributed by atoms with Crippen molar-refractivity contribution in [1.82, 2.24) is 14.2 Å². The number of anilines is 1. The molecule has 20 heavy (non-hydrogen) atoms. The topological polar surface area (TPSA) is 65.5 Å². The summed E-state index contributed by atoms with van der Waals surface area (Å²) < 4.78 is 28.6. The number of nitrogens with one attached hydrogen (secondary N) is 1. The van der Waals surface area contributed by atoms with Gasteiger partial charge in [0.15, 0.2) is 0 Å². The van der Waals surface area contributed by atoms with Crippen molar-refractivity contribution in [1.29, 1.82) is 0 Å². The largest absolute Gasteiger partial charge is 0.301 e. The van der Waals surface area contributed by atoms with E-state index in [0.717, 1.165) is 19.6 Å². The number of piperazine rings is 1. The Morgan fingerprint density at radius 1 is 1.30 bits per heavy atom. The monoisotopic (exact) mass is 298 g/mol. The predicted octanol–water partition coefficient (Wildman–Crippen LogP) is 1.01. The first kappa shape index (κ1) is 15.2. The molecule has 1 aromatic rings. The van der Waals surface area contributed by atoms with Crippen LogP contribution in [0.5, 0.6) is 0 Å². The van der Waals surface area contributed by atoms with Gasteiger partial charge in [-0.2, -0.15) is 12.7 Å². The van der Waals surface area contributed by atoms with Crippen LogP contribution in [0.4, 0.5) is 5.69 Å². The number of hydrogen-bond acceptors (Lipinski definition) is 4. The molecule has 0 aromatic carbocycles. The van der Waals surface area contributed by atoms with Crippen molar-refractivity contribution in [2.24, 2.45) is 5.92 Å². The Balaban J connectivity index is 1.92. The molecule has 0 unspecified atom stereocenters. The van der Waals surface area contributed by atoms with E-state index in [2.05, 4.69) is 28.5 Å². The maximum atomic E-state index is 12.3. The molecule has 0 saturated carbocycles.